The zero-order valence-corrected chi connectivity index (χ0v) is 16.4. The molecular weight excluding hydrogens is 338 g/mol. The summed E-state index contributed by atoms with van der Waals surface area (Å²) in [7, 11) is 0. The number of nitrogens with zero attached hydrogens (tertiary/aromatic N) is 3. The predicted molar refractivity (Wildman–Crippen MR) is 107 cm³/mol. The van der Waals surface area contributed by atoms with Crippen LogP contribution in [0.2, 0.25) is 0 Å². The third-order valence-electron chi connectivity index (χ3n) is 6.21. The summed E-state index contributed by atoms with van der Waals surface area (Å²) in [6, 6.07) is 8.17. The predicted octanol–water partition coefficient (Wildman–Crippen LogP) is 3.49. The number of carbonyl (C=O) groups excluding carboxylic acids is 2. The Morgan fingerprint density at radius 2 is 1.81 bits per heavy atom. The average Bonchev–Trinajstić information content (AvgIpc) is 3.02. The molecule has 1 atom stereocenters. The summed E-state index contributed by atoms with van der Waals surface area (Å²) in [4.78, 5) is 29.8. The molecule has 1 aromatic heterocycles. The highest BCUT2D eigenvalue weighted by molar-refractivity contribution is 6.07. The first-order valence-electron chi connectivity index (χ1n) is 10.2. The Bertz CT molecular complexity index is 844. The summed E-state index contributed by atoms with van der Waals surface area (Å²) in [5.41, 5.74) is 1.67. The average molecular weight is 367 g/mol. The Hall–Kier alpha value is -2.14. The van der Waals surface area contributed by atoms with Crippen LogP contribution in [0.1, 0.15) is 55.9 Å². The number of rotatable bonds is 5. The first-order valence-corrected chi connectivity index (χ1v) is 10.2. The van der Waals surface area contributed by atoms with E-state index in [0.717, 1.165) is 30.4 Å². The summed E-state index contributed by atoms with van der Waals surface area (Å²) in [6.45, 7) is 7.67. The fraction of sp³-hybridized carbons (Fsp3) is 0.545. The maximum absolute atomic E-state index is 13.2. The number of ketones is 1. The van der Waals surface area contributed by atoms with Crippen LogP contribution in [0.25, 0.3) is 10.9 Å². The van der Waals surface area contributed by atoms with Gasteiger partial charge in [0, 0.05) is 41.8 Å². The molecule has 0 spiro atoms. The molecule has 2 fully saturated rings. The zero-order valence-electron chi connectivity index (χ0n) is 16.4. The van der Waals surface area contributed by atoms with Crippen molar-refractivity contribution >= 4 is 22.6 Å². The van der Waals surface area contributed by atoms with Crippen molar-refractivity contribution in [3.63, 3.8) is 0 Å². The Morgan fingerprint density at radius 1 is 1.11 bits per heavy atom. The quantitative estimate of drug-likeness (QED) is 0.760. The Balaban J connectivity index is 1.53. The molecule has 1 aromatic carbocycles. The number of para-hydroxylation sites is 1. The highest BCUT2D eigenvalue weighted by Gasteiger charge is 2.38. The molecule has 2 aliphatic rings. The summed E-state index contributed by atoms with van der Waals surface area (Å²) in [5, 5.41) is 0.936. The minimum absolute atomic E-state index is 0.0429. The van der Waals surface area contributed by atoms with Gasteiger partial charge in [-0.1, -0.05) is 31.5 Å². The molecule has 5 nitrogen and oxygen atoms in total. The van der Waals surface area contributed by atoms with Crippen LogP contribution in [0.15, 0.2) is 30.5 Å². The van der Waals surface area contributed by atoms with Gasteiger partial charge in [-0.25, -0.2) is 0 Å². The third kappa shape index (κ3) is 3.29. The summed E-state index contributed by atoms with van der Waals surface area (Å²) in [5.74, 6) is 0.225. The van der Waals surface area contributed by atoms with Crippen molar-refractivity contribution in [2.45, 2.75) is 51.6 Å². The molecule has 0 saturated carbocycles. The van der Waals surface area contributed by atoms with Crippen molar-refractivity contribution in [3.05, 3.63) is 36.0 Å². The lowest BCUT2D eigenvalue weighted by atomic mass is 10.0. The van der Waals surface area contributed by atoms with Gasteiger partial charge in [-0.15, -0.1) is 0 Å². The number of piperidine rings is 1. The van der Waals surface area contributed by atoms with E-state index >= 15 is 0 Å². The van der Waals surface area contributed by atoms with Gasteiger partial charge in [0.15, 0.2) is 5.78 Å². The summed E-state index contributed by atoms with van der Waals surface area (Å²) < 4.78 is 2.02. The van der Waals surface area contributed by atoms with E-state index in [0.29, 0.717) is 11.6 Å². The van der Waals surface area contributed by atoms with Crippen LogP contribution in [0.5, 0.6) is 0 Å². The molecule has 1 amide bonds. The molecule has 0 N–H and O–H groups in total. The Morgan fingerprint density at radius 3 is 2.48 bits per heavy atom. The van der Waals surface area contributed by atoms with Crippen molar-refractivity contribution in [2.24, 2.45) is 0 Å². The summed E-state index contributed by atoms with van der Waals surface area (Å²) >= 11 is 0. The van der Waals surface area contributed by atoms with Crippen molar-refractivity contribution in [1.82, 2.24) is 14.4 Å². The topological polar surface area (TPSA) is 45.6 Å². The first-order chi connectivity index (χ1) is 13.1. The molecule has 2 aliphatic heterocycles. The number of hydrogen-bond acceptors (Lipinski definition) is 3. The Labute approximate surface area is 160 Å². The smallest absolute Gasteiger partial charge is 0.245 e. The van der Waals surface area contributed by atoms with E-state index in [4.69, 9.17) is 0 Å². The van der Waals surface area contributed by atoms with Crippen molar-refractivity contribution in [2.75, 3.05) is 26.2 Å². The van der Waals surface area contributed by atoms with Crippen LogP contribution in [-0.4, -0.2) is 58.3 Å². The monoisotopic (exact) mass is 367 g/mol. The number of amides is 1. The van der Waals surface area contributed by atoms with Crippen LogP contribution in [0, 0.1) is 0 Å². The van der Waals surface area contributed by atoms with Crippen LogP contribution in [0.4, 0.5) is 0 Å². The lowest BCUT2D eigenvalue weighted by Gasteiger charge is -2.47. The lowest BCUT2D eigenvalue weighted by molar-refractivity contribution is -0.142. The Kier molecular flexibility index (Phi) is 5.04. The molecule has 2 aromatic rings. The SMILES string of the molecule is CC[C@@H](C(=O)N1CC(N2CCCCC2)C1)n1cc(C(C)=O)c2ccccc21. The number of likely N-dealkylation sites (tertiary alicyclic amines) is 2. The molecule has 144 valence electrons. The van der Waals surface area contributed by atoms with E-state index in [2.05, 4.69) is 4.90 Å². The number of hydrogen-bond donors (Lipinski definition) is 0. The van der Waals surface area contributed by atoms with E-state index in [9.17, 15) is 9.59 Å². The van der Waals surface area contributed by atoms with Gasteiger partial charge in [-0.05, 0) is 45.3 Å². The van der Waals surface area contributed by atoms with Crippen molar-refractivity contribution in [3.8, 4) is 0 Å². The molecule has 5 heteroatoms. The number of fused-ring (bicyclic) bond motifs is 1. The van der Waals surface area contributed by atoms with Crippen LogP contribution in [0.3, 0.4) is 0 Å². The van der Waals surface area contributed by atoms with Gasteiger partial charge in [0.1, 0.15) is 6.04 Å². The number of benzene rings is 1. The normalized spacial score (nSPS) is 19.9. The van der Waals surface area contributed by atoms with Gasteiger partial charge in [-0.2, -0.15) is 0 Å². The molecule has 0 unspecified atom stereocenters. The fourth-order valence-electron chi connectivity index (χ4n) is 4.59. The van der Waals surface area contributed by atoms with Gasteiger partial charge in [0.05, 0.1) is 0 Å². The largest absolute Gasteiger partial charge is 0.338 e. The van der Waals surface area contributed by atoms with Crippen molar-refractivity contribution in [1.29, 1.82) is 0 Å². The van der Waals surface area contributed by atoms with Gasteiger partial charge in [-0.3, -0.25) is 14.5 Å². The maximum atomic E-state index is 13.2. The van der Waals surface area contributed by atoms with E-state index in [1.54, 1.807) is 6.92 Å². The van der Waals surface area contributed by atoms with Crippen molar-refractivity contribution < 1.29 is 9.59 Å². The van der Waals surface area contributed by atoms with Crippen LogP contribution in [-0.2, 0) is 4.79 Å². The highest BCUT2D eigenvalue weighted by Crippen LogP contribution is 2.29. The first kappa shape index (κ1) is 18.2. The molecule has 2 saturated heterocycles. The second-order valence-electron chi connectivity index (χ2n) is 7.94. The zero-order chi connectivity index (χ0) is 19.0. The molecule has 0 radical (unpaired) electrons. The number of aromatic nitrogens is 1. The highest BCUT2D eigenvalue weighted by atomic mass is 16.2. The molecule has 3 heterocycles. The van der Waals surface area contributed by atoms with E-state index in [-0.39, 0.29) is 17.7 Å². The number of Topliss-reactive ketones (excluding diaryl/α,β-unsaturated/α-hetero) is 1. The molecule has 4 rings (SSSR count). The van der Waals surface area contributed by atoms with Crippen LogP contribution >= 0.6 is 0 Å². The van der Waals surface area contributed by atoms with E-state index in [1.165, 1.54) is 32.4 Å². The second-order valence-corrected chi connectivity index (χ2v) is 7.94. The van der Waals surface area contributed by atoms with Gasteiger partial charge in [0.2, 0.25) is 5.91 Å². The van der Waals surface area contributed by atoms with E-state index in [1.807, 2.05) is 46.9 Å². The number of carbonyl (C=O) groups is 2. The minimum Gasteiger partial charge on any atom is -0.338 e. The van der Waals surface area contributed by atoms with Gasteiger partial charge < -0.3 is 9.47 Å². The van der Waals surface area contributed by atoms with Crippen LogP contribution < -0.4 is 0 Å². The molecule has 27 heavy (non-hydrogen) atoms. The standard InChI is InChI=1S/C22H29N3O2/c1-3-20(22(27)24-13-17(14-24)23-11-7-4-8-12-23)25-15-19(16(2)26)18-9-5-6-10-21(18)25/h5-6,9-10,15,17,20H,3-4,7-8,11-14H2,1-2H3/t20-/m0/s1. The maximum Gasteiger partial charge on any atom is 0.245 e. The molecule has 0 bridgehead atoms. The summed E-state index contributed by atoms with van der Waals surface area (Å²) in [6.07, 6.45) is 6.50. The fourth-order valence-corrected chi connectivity index (χ4v) is 4.59. The minimum atomic E-state index is -0.245. The van der Waals surface area contributed by atoms with Gasteiger partial charge >= 0.3 is 0 Å². The lowest BCUT2D eigenvalue weighted by Crippen LogP contribution is -2.62. The van der Waals surface area contributed by atoms with Gasteiger partial charge in [0.25, 0.3) is 0 Å². The second kappa shape index (κ2) is 7.47. The third-order valence-corrected chi connectivity index (χ3v) is 6.21. The molecular formula is C22H29N3O2. The molecule has 0 aliphatic carbocycles. The van der Waals surface area contributed by atoms with E-state index < -0.39 is 0 Å².